The second kappa shape index (κ2) is 4.78. The minimum atomic E-state index is 0.0552. The molecule has 1 amide bonds. The summed E-state index contributed by atoms with van der Waals surface area (Å²) in [6.45, 7) is 3.43. The molecular formula is C9H14N2O. The minimum Gasteiger partial charge on any atom is -0.354 e. The van der Waals surface area contributed by atoms with Crippen LogP contribution in [0, 0.1) is 11.8 Å². The maximum Gasteiger partial charge on any atom is 0.237 e. The van der Waals surface area contributed by atoms with Crippen LogP contribution in [-0.2, 0) is 4.79 Å². The highest BCUT2D eigenvalue weighted by Gasteiger charge is 2.23. The molecule has 0 radical (unpaired) electrons. The van der Waals surface area contributed by atoms with Gasteiger partial charge in [-0.2, -0.15) is 0 Å². The van der Waals surface area contributed by atoms with E-state index in [2.05, 4.69) is 22.5 Å². The summed E-state index contributed by atoms with van der Waals surface area (Å²) in [6, 6.07) is 0.0552. The van der Waals surface area contributed by atoms with Crippen molar-refractivity contribution in [3.05, 3.63) is 0 Å². The number of hydrogen-bond acceptors (Lipinski definition) is 2. The van der Waals surface area contributed by atoms with Crippen molar-refractivity contribution >= 4 is 5.91 Å². The molecule has 0 aromatic carbocycles. The lowest BCUT2D eigenvalue weighted by Gasteiger charge is -2.25. The van der Waals surface area contributed by atoms with E-state index in [1.54, 1.807) is 6.92 Å². The molecule has 1 unspecified atom stereocenters. The van der Waals surface area contributed by atoms with Gasteiger partial charge in [-0.05, 0) is 19.9 Å². The largest absolute Gasteiger partial charge is 0.354 e. The quantitative estimate of drug-likeness (QED) is 0.453. The van der Waals surface area contributed by atoms with E-state index in [4.69, 9.17) is 0 Å². The molecule has 0 aromatic rings. The summed E-state index contributed by atoms with van der Waals surface area (Å²) in [5.74, 6) is 5.79. The van der Waals surface area contributed by atoms with Crippen LogP contribution in [0.4, 0.5) is 0 Å². The van der Waals surface area contributed by atoms with Crippen LogP contribution in [-0.4, -0.2) is 25.0 Å². The third-order valence-corrected chi connectivity index (χ3v) is 1.87. The molecule has 12 heavy (non-hydrogen) atoms. The highest BCUT2D eigenvalue weighted by molar-refractivity contribution is 5.82. The van der Waals surface area contributed by atoms with Crippen molar-refractivity contribution in [2.75, 3.05) is 13.1 Å². The maximum absolute atomic E-state index is 11.2. The molecule has 1 atom stereocenters. The highest BCUT2D eigenvalue weighted by atomic mass is 16.2. The van der Waals surface area contributed by atoms with Crippen LogP contribution >= 0.6 is 0 Å². The first kappa shape index (κ1) is 9.08. The summed E-state index contributed by atoms with van der Waals surface area (Å²) >= 11 is 0. The van der Waals surface area contributed by atoms with Gasteiger partial charge in [-0.25, -0.2) is 0 Å². The zero-order valence-electron chi connectivity index (χ0n) is 7.31. The Hall–Kier alpha value is -1.01. The Kier molecular flexibility index (Phi) is 3.62. The van der Waals surface area contributed by atoms with Gasteiger partial charge in [0.2, 0.25) is 5.91 Å². The highest BCUT2D eigenvalue weighted by Crippen LogP contribution is 2.00. The molecular weight excluding hydrogens is 152 g/mol. The van der Waals surface area contributed by atoms with Crippen LogP contribution in [0.1, 0.15) is 19.8 Å². The van der Waals surface area contributed by atoms with Gasteiger partial charge in [0, 0.05) is 13.0 Å². The molecule has 66 valence electrons. The topological polar surface area (TPSA) is 41.1 Å². The van der Waals surface area contributed by atoms with Gasteiger partial charge in [0.05, 0.1) is 6.04 Å². The van der Waals surface area contributed by atoms with Gasteiger partial charge in [0.25, 0.3) is 0 Å². The predicted octanol–water partition coefficient (Wildman–Crippen LogP) is -0.122. The van der Waals surface area contributed by atoms with Crippen molar-refractivity contribution in [3.8, 4) is 11.8 Å². The van der Waals surface area contributed by atoms with Gasteiger partial charge < -0.3 is 10.6 Å². The zero-order chi connectivity index (χ0) is 8.81. The second-order valence-corrected chi connectivity index (χ2v) is 2.76. The van der Waals surface area contributed by atoms with Crippen LogP contribution in [0.5, 0.6) is 0 Å². The van der Waals surface area contributed by atoms with Crippen molar-refractivity contribution in [1.82, 2.24) is 10.6 Å². The summed E-state index contributed by atoms with van der Waals surface area (Å²) in [5.41, 5.74) is 0. The van der Waals surface area contributed by atoms with E-state index >= 15 is 0 Å². The minimum absolute atomic E-state index is 0.0552. The van der Waals surface area contributed by atoms with E-state index in [0.717, 1.165) is 19.4 Å². The van der Waals surface area contributed by atoms with E-state index in [9.17, 15) is 4.79 Å². The second-order valence-electron chi connectivity index (χ2n) is 2.76. The molecule has 1 rings (SSSR count). The fourth-order valence-corrected chi connectivity index (χ4v) is 1.01. The van der Waals surface area contributed by atoms with E-state index in [1.165, 1.54) is 0 Å². The van der Waals surface area contributed by atoms with E-state index in [-0.39, 0.29) is 11.9 Å². The smallest absolute Gasteiger partial charge is 0.237 e. The van der Waals surface area contributed by atoms with Crippen molar-refractivity contribution in [2.45, 2.75) is 25.8 Å². The number of rotatable bonds is 3. The molecule has 0 aliphatic carbocycles. The molecule has 1 fully saturated rings. The average Bonchev–Trinajstić information content (AvgIpc) is 1.95. The van der Waals surface area contributed by atoms with Gasteiger partial charge in [0.15, 0.2) is 0 Å². The Bertz CT molecular complexity index is 210. The Morgan fingerprint density at radius 1 is 1.75 bits per heavy atom. The van der Waals surface area contributed by atoms with Crippen LogP contribution in [0.25, 0.3) is 0 Å². The van der Waals surface area contributed by atoms with E-state index in [1.807, 2.05) is 0 Å². The summed E-state index contributed by atoms with van der Waals surface area (Å²) in [5, 5.41) is 5.85. The third-order valence-electron chi connectivity index (χ3n) is 1.87. The van der Waals surface area contributed by atoms with Crippen molar-refractivity contribution in [2.24, 2.45) is 0 Å². The van der Waals surface area contributed by atoms with Gasteiger partial charge in [-0.3, -0.25) is 4.79 Å². The fraction of sp³-hybridized carbons (Fsp3) is 0.667. The average molecular weight is 166 g/mol. The SMILES string of the molecule is CC#CCCNC(=O)C1CCN1. The Labute approximate surface area is 72.9 Å². The molecule has 0 aromatic heterocycles. The van der Waals surface area contributed by atoms with Crippen molar-refractivity contribution in [1.29, 1.82) is 0 Å². The molecule has 3 heteroatoms. The summed E-state index contributed by atoms with van der Waals surface area (Å²) in [6.07, 6.45) is 1.71. The lowest BCUT2D eigenvalue weighted by atomic mass is 10.1. The number of hydrogen-bond donors (Lipinski definition) is 2. The molecule has 1 heterocycles. The normalized spacial score (nSPS) is 20.2. The summed E-state index contributed by atoms with van der Waals surface area (Å²) in [4.78, 5) is 11.2. The Morgan fingerprint density at radius 2 is 2.50 bits per heavy atom. The van der Waals surface area contributed by atoms with Crippen molar-refractivity contribution < 1.29 is 4.79 Å². The summed E-state index contributed by atoms with van der Waals surface area (Å²) in [7, 11) is 0. The molecule has 0 spiro atoms. The van der Waals surface area contributed by atoms with E-state index in [0.29, 0.717) is 6.54 Å². The van der Waals surface area contributed by atoms with Gasteiger partial charge in [-0.1, -0.05) is 0 Å². The van der Waals surface area contributed by atoms with Gasteiger partial charge in [-0.15, -0.1) is 11.8 Å². The monoisotopic (exact) mass is 166 g/mol. The Morgan fingerprint density at radius 3 is 3.00 bits per heavy atom. The first-order valence-electron chi connectivity index (χ1n) is 4.25. The van der Waals surface area contributed by atoms with Crippen LogP contribution in [0.3, 0.4) is 0 Å². The maximum atomic E-state index is 11.2. The van der Waals surface area contributed by atoms with Gasteiger partial charge >= 0.3 is 0 Å². The number of carbonyl (C=O) groups excluding carboxylic acids is 1. The van der Waals surface area contributed by atoms with E-state index < -0.39 is 0 Å². The molecule has 1 aliphatic rings. The molecule has 1 aliphatic heterocycles. The van der Waals surface area contributed by atoms with Crippen LogP contribution in [0.2, 0.25) is 0 Å². The number of nitrogens with one attached hydrogen (secondary N) is 2. The number of amides is 1. The molecule has 3 nitrogen and oxygen atoms in total. The lowest BCUT2D eigenvalue weighted by molar-refractivity contribution is -0.124. The van der Waals surface area contributed by atoms with Gasteiger partial charge in [0.1, 0.15) is 0 Å². The predicted molar refractivity (Wildman–Crippen MR) is 47.5 cm³/mol. The third kappa shape index (κ3) is 2.55. The molecule has 1 saturated heterocycles. The Balaban J connectivity index is 2.04. The first-order valence-corrected chi connectivity index (χ1v) is 4.25. The number of carbonyl (C=O) groups is 1. The standard InChI is InChI=1S/C9H14N2O/c1-2-3-4-6-11-9(12)8-5-7-10-8/h8,10H,4-7H2,1H3,(H,11,12). The fourth-order valence-electron chi connectivity index (χ4n) is 1.01. The summed E-state index contributed by atoms with van der Waals surface area (Å²) < 4.78 is 0. The first-order chi connectivity index (χ1) is 5.84. The zero-order valence-corrected chi connectivity index (χ0v) is 7.31. The van der Waals surface area contributed by atoms with Crippen LogP contribution in [0.15, 0.2) is 0 Å². The molecule has 0 saturated carbocycles. The van der Waals surface area contributed by atoms with Crippen molar-refractivity contribution in [3.63, 3.8) is 0 Å². The molecule has 2 N–H and O–H groups in total. The lowest BCUT2D eigenvalue weighted by Crippen LogP contribution is -2.53. The van der Waals surface area contributed by atoms with Crippen LogP contribution < -0.4 is 10.6 Å². The molecule has 0 bridgehead atoms.